The van der Waals surface area contributed by atoms with E-state index in [1.807, 2.05) is 18.0 Å². The first-order valence-electron chi connectivity index (χ1n) is 6.28. The number of hydrogen-bond donors (Lipinski definition) is 0. The Morgan fingerprint density at radius 2 is 2.05 bits per heavy atom. The largest absolute Gasteiger partial charge is 0.362 e. The highest BCUT2D eigenvalue weighted by Crippen LogP contribution is 2.25. The van der Waals surface area contributed by atoms with Crippen molar-refractivity contribution in [2.24, 2.45) is 0 Å². The summed E-state index contributed by atoms with van der Waals surface area (Å²) in [4.78, 5) is 26.9. The van der Waals surface area contributed by atoms with Crippen molar-refractivity contribution in [1.82, 2.24) is 4.90 Å². The summed E-state index contributed by atoms with van der Waals surface area (Å²) in [6, 6.07) is 5.33. The number of amides is 1. The van der Waals surface area contributed by atoms with Crippen LogP contribution in [0.2, 0.25) is 5.02 Å². The topological polar surface area (TPSA) is 40.6 Å². The minimum absolute atomic E-state index is 0.0526. The van der Waals surface area contributed by atoms with E-state index in [1.54, 1.807) is 17.0 Å². The van der Waals surface area contributed by atoms with Gasteiger partial charge in [-0.1, -0.05) is 11.6 Å². The molecule has 0 bridgehead atoms. The molecule has 19 heavy (non-hydrogen) atoms. The van der Waals surface area contributed by atoms with Crippen molar-refractivity contribution in [2.75, 3.05) is 31.6 Å². The molecule has 1 fully saturated rings. The summed E-state index contributed by atoms with van der Waals surface area (Å²) in [6.45, 7) is 3.43. The number of hydrogen-bond acceptors (Lipinski definition) is 3. The van der Waals surface area contributed by atoms with Crippen LogP contribution in [0.5, 0.6) is 0 Å². The summed E-state index contributed by atoms with van der Waals surface area (Å²) >= 11 is 6.11. The number of carbonyl (C=O) groups is 2. The first-order valence-corrected chi connectivity index (χ1v) is 6.66. The number of benzene rings is 1. The maximum absolute atomic E-state index is 11.9. The van der Waals surface area contributed by atoms with Crippen LogP contribution in [0.4, 0.5) is 5.69 Å². The lowest BCUT2D eigenvalue weighted by molar-refractivity contribution is -0.127. The molecule has 0 unspecified atom stereocenters. The average Bonchev–Trinajstić information content (AvgIpc) is 2.51. The van der Waals surface area contributed by atoms with Crippen LogP contribution in [0.1, 0.15) is 23.7 Å². The van der Waals surface area contributed by atoms with Crippen LogP contribution in [0.25, 0.3) is 0 Å². The third-order valence-electron chi connectivity index (χ3n) is 3.37. The van der Waals surface area contributed by atoms with Gasteiger partial charge < -0.3 is 9.80 Å². The summed E-state index contributed by atoms with van der Waals surface area (Å²) in [5.74, 6) is 0.0486. The molecule has 0 radical (unpaired) electrons. The molecular weight excluding hydrogens is 264 g/mol. The highest BCUT2D eigenvalue weighted by Gasteiger charge is 2.19. The summed E-state index contributed by atoms with van der Waals surface area (Å²) < 4.78 is 0. The van der Waals surface area contributed by atoms with Crippen molar-refractivity contribution in [3.8, 4) is 0 Å². The minimum atomic E-state index is -0.0526. The Morgan fingerprint density at radius 1 is 1.32 bits per heavy atom. The summed E-state index contributed by atoms with van der Waals surface area (Å²) in [5, 5.41) is 0.440. The molecule has 1 aliphatic heterocycles. The van der Waals surface area contributed by atoms with E-state index in [0.29, 0.717) is 17.1 Å². The van der Waals surface area contributed by atoms with E-state index in [1.165, 1.54) is 6.92 Å². The highest BCUT2D eigenvalue weighted by atomic mass is 35.5. The second-order valence-corrected chi connectivity index (χ2v) is 5.22. The molecule has 102 valence electrons. The molecule has 1 saturated heterocycles. The lowest BCUT2D eigenvalue weighted by Gasteiger charge is -2.22. The standard InChI is InChI=1S/C14H17ClN2O2/c1-10(18)12-5-4-11(8-13(12)15)17-7-3-6-16(2)14(19)9-17/h4-5,8H,3,6-7,9H2,1-2H3. The molecule has 0 spiro atoms. The van der Waals surface area contributed by atoms with Crippen LogP contribution in [0.3, 0.4) is 0 Å². The molecule has 0 N–H and O–H groups in total. The molecule has 0 atom stereocenters. The zero-order valence-corrected chi connectivity index (χ0v) is 11.9. The Morgan fingerprint density at radius 3 is 2.68 bits per heavy atom. The zero-order valence-electron chi connectivity index (χ0n) is 11.1. The number of likely N-dealkylation sites (N-methyl/N-ethyl adjacent to an activating group) is 1. The first-order chi connectivity index (χ1) is 8.99. The Balaban J connectivity index is 2.24. The normalized spacial score (nSPS) is 16.5. The van der Waals surface area contributed by atoms with Crippen LogP contribution < -0.4 is 4.90 Å². The number of carbonyl (C=O) groups excluding carboxylic acids is 2. The van der Waals surface area contributed by atoms with Gasteiger partial charge in [0.1, 0.15) is 0 Å². The second-order valence-electron chi connectivity index (χ2n) is 4.81. The summed E-state index contributed by atoms with van der Waals surface area (Å²) in [6.07, 6.45) is 0.925. The van der Waals surface area contributed by atoms with Gasteiger partial charge in [0.05, 0.1) is 11.6 Å². The fourth-order valence-electron chi connectivity index (χ4n) is 2.19. The molecule has 0 aromatic heterocycles. The molecule has 0 aliphatic carbocycles. The van der Waals surface area contributed by atoms with E-state index in [9.17, 15) is 9.59 Å². The lowest BCUT2D eigenvalue weighted by atomic mass is 10.1. The van der Waals surface area contributed by atoms with Gasteiger partial charge in [-0.2, -0.15) is 0 Å². The third kappa shape index (κ3) is 3.07. The SMILES string of the molecule is CC(=O)c1ccc(N2CCCN(C)C(=O)C2)cc1Cl. The molecule has 1 aromatic carbocycles. The van der Waals surface area contributed by atoms with Gasteiger partial charge in [0.15, 0.2) is 5.78 Å². The molecule has 1 aliphatic rings. The molecule has 4 nitrogen and oxygen atoms in total. The van der Waals surface area contributed by atoms with Gasteiger partial charge in [-0.05, 0) is 31.5 Å². The predicted molar refractivity (Wildman–Crippen MR) is 75.9 cm³/mol. The summed E-state index contributed by atoms with van der Waals surface area (Å²) in [5.41, 5.74) is 1.40. The number of nitrogens with zero attached hydrogens (tertiary/aromatic N) is 2. The minimum Gasteiger partial charge on any atom is -0.362 e. The number of Topliss-reactive ketones (excluding diaryl/α,β-unsaturated/α-hetero) is 1. The van der Waals surface area contributed by atoms with Crippen molar-refractivity contribution in [1.29, 1.82) is 0 Å². The van der Waals surface area contributed by atoms with Gasteiger partial charge in [-0.3, -0.25) is 9.59 Å². The van der Waals surface area contributed by atoms with E-state index >= 15 is 0 Å². The molecule has 2 rings (SSSR count). The quantitative estimate of drug-likeness (QED) is 0.780. The van der Waals surface area contributed by atoms with Gasteiger partial charge in [0.25, 0.3) is 0 Å². The van der Waals surface area contributed by atoms with Crippen LogP contribution in [0.15, 0.2) is 18.2 Å². The first kappa shape index (κ1) is 13.9. The van der Waals surface area contributed by atoms with Crippen molar-refractivity contribution in [3.63, 3.8) is 0 Å². The Hall–Kier alpha value is -1.55. The van der Waals surface area contributed by atoms with Gasteiger partial charge in [-0.15, -0.1) is 0 Å². The van der Waals surface area contributed by atoms with Gasteiger partial charge in [-0.25, -0.2) is 0 Å². The van der Waals surface area contributed by atoms with E-state index in [2.05, 4.69) is 0 Å². The van der Waals surface area contributed by atoms with Gasteiger partial charge in [0, 0.05) is 31.4 Å². The monoisotopic (exact) mass is 280 g/mol. The molecule has 5 heteroatoms. The average molecular weight is 281 g/mol. The van der Waals surface area contributed by atoms with Crippen LogP contribution in [0, 0.1) is 0 Å². The van der Waals surface area contributed by atoms with Crippen molar-refractivity contribution >= 4 is 29.0 Å². The highest BCUT2D eigenvalue weighted by molar-refractivity contribution is 6.34. The van der Waals surface area contributed by atoms with E-state index in [0.717, 1.165) is 25.2 Å². The van der Waals surface area contributed by atoms with E-state index in [4.69, 9.17) is 11.6 Å². The van der Waals surface area contributed by atoms with E-state index in [-0.39, 0.29) is 11.7 Å². The van der Waals surface area contributed by atoms with Gasteiger partial charge >= 0.3 is 0 Å². The number of rotatable bonds is 2. The van der Waals surface area contributed by atoms with Crippen LogP contribution in [-0.4, -0.2) is 43.3 Å². The van der Waals surface area contributed by atoms with Gasteiger partial charge in [0.2, 0.25) is 5.91 Å². The molecule has 0 saturated carbocycles. The fraction of sp³-hybridized carbons (Fsp3) is 0.429. The van der Waals surface area contributed by atoms with Crippen molar-refractivity contribution in [3.05, 3.63) is 28.8 Å². The Kier molecular flexibility index (Phi) is 4.10. The van der Waals surface area contributed by atoms with Crippen molar-refractivity contribution < 1.29 is 9.59 Å². The molecule has 1 heterocycles. The second kappa shape index (κ2) is 5.61. The molecule has 1 aromatic rings. The van der Waals surface area contributed by atoms with Crippen LogP contribution in [-0.2, 0) is 4.79 Å². The number of anilines is 1. The maximum atomic E-state index is 11.9. The lowest BCUT2D eigenvalue weighted by Crippen LogP contribution is -2.34. The van der Waals surface area contributed by atoms with Crippen molar-refractivity contribution in [2.45, 2.75) is 13.3 Å². The summed E-state index contributed by atoms with van der Waals surface area (Å²) in [7, 11) is 1.82. The third-order valence-corrected chi connectivity index (χ3v) is 3.68. The molecular formula is C14H17ClN2O2. The zero-order chi connectivity index (χ0) is 14.0. The predicted octanol–water partition coefficient (Wildman–Crippen LogP) is 2.21. The smallest absolute Gasteiger partial charge is 0.241 e. The number of halogens is 1. The molecule has 1 amide bonds. The fourth-order valence-corrected chi connectivity index (χ4v) is 2.50. The van der Waals surface area contributed by atoms with E-state index < -0.39 is 0 Å². The number of ketones is 1. The maximum Gasteiger partial charge on any atom is 0.241 e. The Bertz CT molecular complexity index is 516. The Labute approximate surface area is 117 Å². The van der Waals surface area contributed by atoms with Crippen LogP contribution >= 0.6 is 11.6 Å².